The van der Waals surface area contributed by atoms with Gasteiger partial charge in [-0.3, -0.25) is 4.79 Å². The standard InChI is InChI=1S/C16H24N4O2S/c1-10(13-9-23-15(19-13)12-4-5-12)18-16(22)20-6-2-3-11(8-20)7-14(17)21/h9-12H,2-8H2,1H3,(H2,17,21)(H,18,22)/t10-,11-/m1/s1. The minimum absolute atomic E-state index is 0.0763. The number of aromatic nitrogens is 1. The molecule has 7 heteroatoms. The highest BCUT2D eigenvalue weighted by Crippen LogP contribution is 2.41. The van der Waals surface area contributed by atoms with Crippen LogP contribution in [0.2, 0.25) is 0 Å². The lowest BCUT2D eigenvalue weighted by atomic mass is 9.95. The van der Waals surface area contributed by atoms with Gasteiger partial charge in [0.2, 0.25) is 5.91 Å². The van der Waals surface area contributed by atoms with Gasteiger partial charge in [0.1, 0.15) is 0 Å². The Morgan fingerprint density at radius 3 is 2.96 bits per heavy atom. The number of hydrogen-bond donors (Lipinski definition) is 2. The molecule has 0 bridgehead atoms. The van der Waals surface area contributed by atoms with Gasteiger partial charge >= 0.3 is 6.03 Å². The van der Waals surface area contributed by atoms with Gasteiger partial charge in [0.25, 0.3) is 0 Å². The maximum absolute atomic E-state index is 12.4. The Morgan fingerprint density at radius 1 is 1.48 bits per heavy atom. The number of likely N-dealkylation sites (tertiary alicyclic amines) is 1. The number of nitrogens with zero attached hydrogens (tertiary/aromatic N) is 2. The average molecular weight is 336 g/mol. The Morgan fingerprint density at radius 2 is 2.26 bits per heavy atom. The SMILES string of the molecule is C[C@@H](NC(=O)N1CCC[C@H](CC(N)=O)C1)c1csc(C2CC2)n1. The van der Waals surface area contributed by atoms with Gasteiger partial charge in [-0.15, -0.1) is 11.3 Å². The Hall–Kier alpha value is -1.63. The maximum atomic E-state index is 12.4. The first-order valence-electron chi connectivity index (χ1n) is 8.32. The molecule has 2 atom stereocenters. The zero-order valence-corrected chi connectivity index (χ0v) is 14.3. The number of carbonyl (C=O) groups is 2. The summed E-state index contributed by atoms with van der Waals surface area (Å²) in [5.41, 5.74) is 6.21. The fourth-order valence-electron chi connectivity index (χ4n) is 3.07. The van der Waals surface area contributed by atoms with E-state index in [2.05, 4.69) is 10.3 Å². The van der Waals surface area contributed by atoms with Gasteiger partial charge in [-0.1, -0.05) is 0 Å². The fraction of sp³-hybridized carbons (Fsp3) is 0.688. The van der Waals surface area contributed by atoms with E-state index in [1.807, 2.05) is 12.3 Å². The van der Waals surface area contributed by atoms with Crippen LogP contribution in [0.25, 0.3) is 0 Å². The minimum atomic E-state index is -0.291. The van der Waals surface area contributed by atoms with Crippen LogP contribution in [0.5, 0.6) is 0 Å². The lowest BCUT2D eigenvalue weighted by Gasteiger charge is -2.33. The van der Waals surface area contributed by atoms with Crippen LogP contribution in [0.4, 0.5) is 4.79 Å². The first-order chi connectivity index (χ1) is 11.0. The predicted octanol–water partition coefficient (Wildman–Crippen LogP) is 2.38. The summed E-state index contributed by atoms with van der Waals surface area (Å²) in [7, 11) is 0. The number of urea groups is 1. The van der Waals surface area contributed by atoms with Crippen molar-refractivity contribution in [1.29, 1.82) is 0 Å². The summed E-state index contributed by atoms with van der Waals surface area (Å²) >= 11 is 1.69. The topological polar surface area (TPSA) is 88.3 Å². The van der Waals surface area contributed by atoms with E-state index in [1.165, 1.54) is 17.8 Å². The normalized spacial score (nSPS) is 22.7. The molecule has 3 amide bonds. The third-order valence-electron chi connectivity index (χ3n) is 4.55. The van der Waals surface area contributed by atoms with E-state index in [9.17, 15) is 9.59 Å². The Kier molecular flexibility index (Phi) is 4.84. The summed E-state index contributed by atoms with van der Waals surface area (Å²) in [6, 6.07) is -0.171. The lowest BCUT2D eigenvalue weighted by molar-refractivity contribution is -0.119. The molecule has 1 saturated heterocycles. The van der Waals surface area contributed by atoms with Crippen LogP contribution in [-0.4, -0.2) is 34.9 Å². The highest BCUT2D eigenvalue weighted by atomic mass is 32.1. The molecular formula is C16H24N4O2S. The zero-order chi connectivity index (χ0) is 16.4. The van der Waals surface area contributed by atoms with Crippen molar-refractivity contribution in [2.45, 2.75) is 51.0 Å². The number of primary amides is 1. The van der Waals surface area contributed by atoms with Gasteiger partial charge in [-0.05, 0) is 38.5 Å². The van der Waals surface area contributed by atoms with Crippen molar-refractivity contribution in [2.24, 2.45) is 11.7 Å². The molecule has 6 nitrogen and oxygen atoms in total. The summed E-state index contributed by atoms with van der Waals surface area (Å²) < 4.78 is 0. The van der Waals surface area contributed by atoms with E-state index in [0.717, 1.165) is 25.1 Å². The molecule has 3 N–H and O–H groups in total. The first kappa shape index (κ1) is 16.2. The number of thiazole rings is 1. The smallest absolute Gasteiger partial charge is 0.317 e. The van der Waals surface area contributed by atoms with Crippen molar-refractivity contribution in [2.75, 3.05) is 13.1 Å². The molecule has 2 heterocycles. The highest BCUT2D eigenvalue weighted by Gasteiger charge is 2.28. The van der Waals surface area contributed by atoms with Crippen LogP contribution < -0.4 is 11.1 Å². The summed E-state index contributed by atoms with van der Waals surface area (Å²) in [5.74, 6) is 0.539. The number of rotatable bonds is 5. The number of nitrogens with two attached hydrogens (primary N) is 1. The van der Waals surface area contributed by atoms with Crippen molar-refractivity contribution in [1.82, 2.24) is 15.2 Å². The molecule has 0 radical (unpaired) electrons. The zero-order valence-electron chi connectivity index (χ0n) is 13.5. The summed E-state index contributed by atoms with van der Waals surface area (Å²) in [6.07, 6.45) is 4.71. The third kappa shape index (κ3) is 4.22. The van der Waals surface area contributed by atoms with Crippen LogP contribution in [0.3, 0.4) is 0 Å². The molecule has 3 rings (SSSR count). The lowest BCUT2D eigenvalue weighted by Crippen LogP contribution is -2.46. The predicted molar refractivity (Wildman–Crippen MR) is 89.1 cm³/mol. The average Bonchev–Trinajstić information content (AvgIpc) is 3.24. The molecule has 0 spiro atoms. The molecule has 126 valence electrons. The molecule has 2 fully saturated rings. The number of piperidine rings is 1. The van der Waals surface area contributed by atoms with Gasteiger partial charge in [0, 0.05) is 30.8 Å². The van der Waals surface area contributed by atoms with Crippen LogP contribution in [-0.2, 0) is 4.79 Å². The molecular weight excluding hydrogens is 312 g/mol. The molecule has 0 aromatic carbocycles. The quantitative estimate of drug-likeness (QED) is 0.865. The highest BCUT2D eigenvalue weighted by molar-refractivity contribution is 7.09. The maximum Gasteiger partial charge on any atom is 0.317 e. The largest absolute Gasteiger partial charge is 0.370 e. The van der Waals surface area contributed by atoms with Crippen molar-refractivity contribution < 1.29 is 9.59 Å². The summed E-state index contributed by atoms with van der Waals surface area (Å²) in [6.45, 7) is 3.30. The Bertz CT molecular complexity index is 584. The second kappa shape index (κ2) is 6.86. The van der Waals surface area contributed by atoms with Crippen LogP contribution in [0.15, 0.2) is 5.38 Å². The van der Waals surface area contributed by atoms with Crippen LogP contribution in [0, 0.1) is 5.92 Å². The number of nitrogens with one attached hydrogen (secondary N) is 1. The number of amides is 3. The minimum Gasteiger partial charge on any atom is -0.370 e. The Labute approximate surface area is 140 Å². The van der Waals surface area contributed by atoms with Gasteiger partial charge in [0.15, 0.2) is 0 Å². The van der Waals surface area contributed by atoms with E-state index < -0.39 is 0 Å². The van der Waals surface area contributed by atoms with Crippen LogP contribution in [0.1, 0.15) is 61.7 Å². The number of carbonyl (C=O) groups excluding carboxylic acids is 2. The second-order valence-electron chi connectivity index (χ2n) is 6.68. The van der Waals surface area contributed by atoms with Crippen molar-refractivity contribution >= 4 is 23.3 Å². The molecule has 1 saturated carbocycles. The van der Waals surface area contributed by atoms with E-state index in [1.54, 1.807) is 16.2 Å². The molecule has 1 aromatic heterocycles. The van der Waals surface area contributed by atoms with Crippen LogP contribution >= 0.6 is 11.3 Å². The van der Waals surface area contributed by atoms with Crippen molar-refractivity contribution in [3.8, 4) is 0 Å². The van der Waals surface area contributed by atoms with E-state index in [0.29, 0.717) is 18.9 Å². The van der Waals surface area contributed by atoms with E-state index in [-0.39, 0.29) is 23.9 Å². The van der Waals surface area contributed by atoms with Gasteiger partial charge < -0.3 is 16.0 Å². The van der Waals surface area contributed by atoms with E-state index >= 15 is 0 Å². The van der Waals surface area contributed by atoms with Crippen molar-refractivity contribution in [3.05, 3.63) is 16.1 Å². The fourth-order valence-corrected chi connectivity index (χ4v) is 4.15. The number of hydrogen-bond acceptors (Lipinski definition) is 4. The van der Waals surface area contributed by atoms with Gasteiger partial charge in [-0.2, -0.15) is 0 Å². The monoisotopic (exact) mass is 336 g/mol. The molecule has 0 unspecified atom stereocenters. The molecule has 23 heavy (non-hydrogen) atoms. The molecule has 1 aromatic rings. The molecule has 1 aliphatic heterocycles. The first-order valence-corrected chi connectivity index (χ1v) is 9.20. The molecule has 1 aliphatic carbocycles. The van der Waals surface area contributed by atoms with Gasteiger partial charge in [0.05, 0.1) is 16.7 Å². The van der Waals surface area contributed by atoms with Crippen molar-refractivity contribution in [3.63, 3.8) is 0 Å². The second-order valence-corrected chi connectivity index (χ2v) is 7.57. The molecule has 2 aliphatic rings. The summed E-state index contributed by atoms with van der Waals surface area (Å²) in [4.78, 5) is 29.9. The third-order valence-corrected chi connectivity index (χ3v) is 5.57. The summed E-state index contributed by atoms with van der Waals surface area (Å²) in [5, 5.41) is 6.27. The van der Waals surface area contributed by atoms with E-state index in [4.69, 9.17) is 5.73 Å². The van der Waals surface area contributed by atoms with Gasteiger partial charge in [-0.25, -0.2) is 9.78 Å². The Balaban J connectivity index is 1.53.